The van der Waals surface area contributed by atoms with E-state index >= 15 is 0 Å². The van der Waals surface area contributed by atoms with Crippen LogP contribution in [0.15, 0.2) is 0 Å². The summed E-state index contributed by atoms with van der Waals surface area (Å²) in [5.41, 5.74) is 0. The lowest BCUT2D eigenvalue weighted by molar-refractivity contribution is -0.145. The molecule has 0 fully saturated rings. The van der Waals surface area contributed by atoms with Gasteiger partial charge in [0.2, 0.25) is 11.8 Å². The van der Waals surface area contributed by atoms with Gasteiger partial charge in [-0.15, -0.1) is 0 Å². The first-order valence-corrected chi connectivity index (χ1v) is 7.88. The fourth-order valence-electron chi connectivity index (χ4n) is 2.09. The van der Waals surface area contributed by atoms with Crippen LogP contribution in [0.4, 0.5) is 0 Å². The summed E-state index contributed by atoms with van der Waals surface area (Å²) in [4.78, 5) is 46.8. The molecule has 0 spiro atoms. The minimum absolute atomic E-state index is 0.00810. The van der Waals surface area contributed by atoms with Crippen molar-refractivity contribution in [1.29, 1.82) is 0 Å². The molecule has 0 aromatic carbocycles. The number of carbonyl (C=O) groups is 4. The Bertz CT molecular complexity index is 434. The van der Waals surface area contributed by atoms with E-state index in [0.717, 1.165) is 0 Å². The Morgan fingerprint density at radius 1 is 1.04 bits per heavy atom. The Morgan fingerprint density at radius 2 is 1.65 bits per heavy atom. The van der Waals surface area contributed by atoms with Gasteiger partial charge in [0.1, 0.15) is 17.9 Å². The van der Waals surface area contributed by atoms with Gasteiger partial charge in [-0.3, -0.25) is 14.4 Å². The van der Waals surface area contributed by atoms with E-state index in [4.69, 9.17) is 0 Å². The Labute approximate surface area is 137 Å². The van der Waals surface area contributed by atoms with E-state index in [-0.39, 0.29) is 30.4 Å². The van der Waals surface area contributed by atoms with Crippen LogP contribution in [0.1, 0.15) is 53.4 Å². The van der Waals surface area contributed by atoms with Gasteiger partial charge in [0.15, 0.2) is 0 Å². The second-order valence-electron chi connectivity index (χ2n) is 5.90. The van der Waals surface area contributed by atoms with Gasteiger partial charge in [-0.25, -0.2) is 4.79 Å². The van der Waals surface area contributed by atoms with E-state index in [1.54, 1.807) is 6.92 Å². The highest BCUT2D eigenvalue weighted by atomic mass is 16.5. The van der Waals surface area contributed by atoms with Crippen LogP contribution in [-0.4, -0.2) is 42.8 Å². The van der Waals surface area contributed by atoms with Crippen LogP contribution in [0.5, 0.6) is 0 Å². The van der Waals surface area contributed by atoms with Gasteiger partial charge in [0.05, 0.1) is 7.11 Å². The maximum Gasteiger partial charge on any atom is 0.328 e. The molecule has 2 amide bonds. The number of carbonyl (C=O) groups excluding carboxylic acids is 4. The van der Waals surface area contributed by atoms with E-state index < -0.39 is 24.0 Å². The molecule has 0 unspecified atom stereocenters. The van der Waals surface area contributed by atoms with Crippen molar-refractivity contribution < 1.29 is 23.9 Å². The number of Topliss-reactive ketones (excluding diaryl/α,β-unsaturated/α-hetero) is 1. The molecular weight excluding hydrogens is 300 g/mol. The van der Waals surface area contributed by atoms with Crippen molar-refractivity contribution in [3.8, 4) is 0 Å². The average molecular weight is 328 g/mol. The number of hydrogen-bond donors (Lipinski definition) is 2. The summed E-state index contributed by atoms with van der Waals surface area (Å²) < 4.78 is 4.67. The zero-order valence-electron chi connectivity index (χ0n) is 14.6. The Balaban J connectivity index is 4.90. The van der Waals surface area contributed by atoms with E-state index in [9.17, 15) is 19.2 Å². The third-order valence-electron chi connectivity index (χ3n) is 3.31. The predicted molar refractivity (Wildman–Crippen MR) is 85.5 cm³/mol. The van der Waals surface area contributed by atoms with Crippen molar-refractivity contribution >= 4 is 23.6 Å². The molecule has 7 nitrogen and oxygen atoms in total. The monoisotopic (exact) mass is 328 g/mol. The molecule has 2 N–H and O–H groups in total. The highest BCUT2D eigenvalue weighted by Crippen LogP contribution is 2.08. The summed E-state index contributed by atoms with van der Waals surface area (Å²) in [6, 6.07) is -1.62. The number of amides is 2. The number of nitrogens with one attached hydrogen (secondary N) is 2. The maximum absolute atomic E-state index is 12.3. The molecular formula is C16H28N2O5. The molecule has 23 heavy (non-hydrogen) atoms. The molecule has 0 saturated carbocycles. The number of esters is 1. The minimum Gasteiger partial charge on any atom is -0.467 e. The number of hydrogen-bond acceptors (Lipinski definition) is 5. The first kappa shape index (κ1) is 21.1. The normalized spacial score (nSPS) is 13.1. The average Bonchev–Trinajstić information content (AvgIpc) is 2.48. The summed E-state index contributed by atoms with van der Waals surface area (Å²) in [7, 11) is 1.22. The van der Waals surface area contributed by atoms with E-state index in [0.29, 0.717) is 12.8 Å². The molecule has 132 valence electrons. The molecule has 0 aliphatic heterocycles. The van der Waals surface area contributed by atoms with Gasteiger partial charge in [0, 0.05) is 19.8 Å². The molecule has 0 bridgehead atoms. The molecule has 7 heteroatoms. The van der Waals surface area contributed by atoms with Gasteiger partial charge in [0.25, 0.3) is 0 Å². The second kappa shape index (κ2) is 10.7. The third-order valence-corrected chi connectivity index (χ3v) is 3.31. The maximum atomic E-state index is 12.3. The Kier molecular flexibility index (Phi) is 9.85. The van der Waals surface area contributed by atoms with E-state index in [2.05, 4.69) is 15.4 Å². The van der Waals surface area contributed by atoms with Crippen molar-refractivity contribution in [2.75, 3.05) is 7.11 Å². The van der Waals surface area contributed by atoms with Gasteiger partial charge < -0.3 is 15.4 Å². The summed E-state index contributed by atoms with van der Waals surface area (Å²) in [5, 5.41) is 5.16. The summed E-state index contributed by atoms with van der Waals surface area (Å²) in [6.07, 6.45) is 1.20. The first-order valence-electron chi connectivity index (χ1n) is 7.88. The standard InChI is InChI=1S/C16H28N2O5/c1-6-12(20)7-8-13(16(22)23-5)18-15(21)14(9-10(2)3)17-11(4)19/h10,13-14H,6-9H2,1-5H3,(H,17,19)(H,18,21)/t13-,14+/m1/s1. The SMILES string of the molecule is CCC(=O)CC[C@@H](NC(=O)[C@H](CC(C)C)NC(C)=O)C(=O)OC. The van der Waals surface area contributed by atoms with Crippen LogP contribution in [0, 0.1) is 5.92 Å². The van der Waals surface area contributed by atoms with Crippen molar-refractivity contribution in [1.82, 2.24) is 10.6 Å². The van der Waals surface area contributed by atoms with Crippen molar-refractivity contribution in [2.24, 2.45) is 5.92 Å². The first-order chi connectivity index (χ1) is 10.7. The topological polar surface area (TPSA) is 102 Å². The molecule has 0 heterocycles. The van der Waals surface area contributed by atoms with E-state index in [1.165, 1.54) is 14.0 Å². The van der Waals surface area contributed by atoms with Crippen LogP contribution in [0.25, 0.3) is 0 Å². The molecule has 0 radical (unpaired) electrons. The molecule has 0 rings (SSSR count). The van der Waals surface area contributed by atoms with Gasteiger partial charge in [-0.2, -0.15) is 0 Å². The van der Waals surface area contributed by atoms with E-state index in [1.807, 2.05) is 13.8 Å². The largest absolute Gasteiger partial charge is 0.467 e. The zero-order chi connectivity index (χ0) is 18.0. The van der Waals surface area contributed by atoms with Crippen LogP contribution in [0.3, 0.4) is 0 Å². The molecule has 0 aromatic heterocycles. The molecule has 0 saturated heterocycles. The van der Waals surface area contributed by atoms with Crippen molar-refractivity contribution in [3.63, 3.8) is 0 Å². The number of ketones is 1. The molecule has 0 aromatic rings. The lowest BCUT2D eigenvalue weighted by atomic mass is 10.0. The van der Waals surface area contributed by atoms with Crippen LogP contribution in [0.2, 0.25) is 0 Å². The third kappa shape index (κ3) is 8.95. The number of rotatable bonds is 10. The smallest absolute Gasteiger partial charge is 0.328 e. The van der Waals surface area contributed by atoms with Crippen LogP contribution < -0.4 is 10.6 Å². The molecule has 2 atom stereocenters. The van der Waals surface area contributed by atoms with Crippen LogP contribution >= 0.6 is 0 Å². The molecule has 0 aliphatic carbocycles. The fourth-order valence-corrected chi connectivity index (χ4v) is 2.09. The highest BCUT2D eigenvalue weighted by Gasteiger charge is 2.27. The predicted octanol–water partition coefficient (Wildman–Crippen LogP) is 0.954. The fraction of sp³-hybridized carbons (Fsp3) is 0.750. The van der Waals surface area contributed by atoms with Crippen molar-refractivity contribution in [3.05, 3.63) is 0 Å². The summed E-state index contributed by atoms with van der Waals surface area (Å²) in [6.45, 7) is 6.93. The van der Waals surface area contributed by atoms with Gasteiger partial charge in [-0.1, -0.05) is 20.8 Å². The Morgan fingerprint density at radius 3 is 2.09 bits per heavy atom. The highest BCUT2D eigenvalue weighted by molar-refractivity contribution is 5.90. The van der Waals surface area contributed by atoms with Crippen molar-refractivity contribution in [2.45, 2.75) is 65.5 Å². The molecule has 0 aliphatic rings. The van der Waals surface area contributed by atoms with Gasteiger partial charge >= 0.3 is 5.97 Å². The second-order valence-corrected chi connectivity index (χ2v) is 5.90. The zero-order valence-corrected chi connectivity index (χ0v) is 14.6. The summed E-state index contributed by atoms with van der Waals surface area (Å²) in [5.74, 6) is -1.17. The minimum atomic E-state index is -0.897. The quantitative estimate of drug-likeness (QED) is 0.582. The number of methoxy groups -OCH3 is 1. The lowest BCUT2D eigenvalue weighted by Crippen LogP contribution is -2.52. The lowest BCUT2D eigenvalue weighted by Gasteiger charge is -2.22. The van der Waals surface area contributed by atoms with Gasteiger partial charge in [-0.05, 0) is 18.8 Å². The number of ether oxygens (including phenoxy) is 1. The van der Waals surface area contributed by atoms with Crippen LogP contribution in [-0.2, 0) is 23.9 Å². The summed E-state index contributed by atoms with van der Waals surface area (Å²) >= 11 is 0. The Hall–Kier alpha value is -1.92.